The van der Waals surface area contributed by atoms with Crippen molar-refractivity contribution in [2.45, 2.75) is 31.3 Å². The number of hydrogen-bond donors (Lipinski definition) is 1. The number of β-amino-alcohol motifs (C(OH)–C–C–N with tert-alkyl or cyclic N) is 1. The molecular formula is C14H18N2O2. The van der Waals surface area contributed by atoms with Gasteiger partial charge in [0.2, 0.25) is 5.91 Å². The Morgan fingerprint density at radius 1 is 1.44 bits per heavy atom. The molecule has 3 rings (SSSR count). The minimum absolute atomic E-state index is 0.131. The second-order valence-corrected chi connectivity index (χ2v) is 5.45. The zero-order valence-electron chi connectivity index (χ0n) is 10.4. The fourth-order valence-corrected chi connectivity index (χ4v) is 2.61. The average Bonchev–Trinajstić information content (AvgIpc) is 3.18. The van der Waals surface area contributed by atoms with Gasteiger partial charge in [0, 0.05) is 18.3 Å². The Morgan fingerprint density at radius 3 is 2.83 bits per heavy atom. The van der Waals surface area contributed by atoms with Gasteiger partial charge in [0.25, 0.3) is 0 Å². The summed E-state index contributed by atoms with van der Waals surface area (Å²) in [5, 5.41) is 10.1. The van der Waals surface area contributed by atoms with Crippen molar-refractivity contribution in [1.82, 2.24) is 9.88 Å². The van der Waals surface area contributed by atoms with Crippen molar-refractivity contribution in [1.29, 1.82) is 0 Å². The van der Waals surface area contributed by atoms with Crippen LogP contribution in [0.3, 0.4) is 0 Å². The molecule has 1 aromatic rings. The van der Waals surface area contributed by atoms with E-state index in [0.717, 1.165) is 18.5 Å². The van der Waals surface area contributed by atoms with Gasteiger partial charge in [-0.15, -0.1) is 0 Å². The molecule has 1 amide bonds. The largest absolute Gasteiger partial charge is 0.386 e. The van der Waals surface area contributed by atoms with Crippen molar-refractivity contribution in [2.75, 3.05) is 13.1 Å². The molecule has 2 heterocycles. The van der Waals surface area contributed by atoms with Crippen LogP contribution in [-0.2, 0) is 11.2 Å². The molecule has 0 atom stereocenters. The Labute approximate surface area is 107 Å². The van der Waals surface area contributed by atoms with Crippen molar-refractivity contribution in [3.05, 3.63) is 30.1 Å². The SMILES string of the molecule is O=C(CCc1ccccn1)N1CC(O)(C2CC2)C1. The predicted octanol–water partition coefficient (Wildman–Crippen LogP) is 0.998. The highest BCUT2D eigenvalue weighted by molar-refractivity contribution is 5.77. The van der Waals surface area contributed by atoms with Crippen LogP contribution in [0.25, 0.3) is 0 Å². The number of aryl methyl sites for hydroxylation is 1. The molecule has 0 aromatic carbocycles. The van der Waals surface area contributed by atoms with Gasteiger partial charge in [0.1, 0.15) is 5.60 Å². The summed E-state index contributed by atoms with van der Waals surface area (Å²) in [5.41, 5.74) is 0.379. The van der Waals surface area contributed by atoms with Gasteiger partial charge >= 0.3 is 0 Å². The lowest BCUT2D eigenvalue weighted by atomic mass is 9.88. The zero-order chi connectivity index (χ0) is 12.6. The molecule has 2 aliphatic rings. The van der Waals surface area contributed by atoms with Crippen LogP contribution >= 0.6 is 0 Å². The first kappa shape index (κ1) is 11.7. The monoisotopic (exact) mass is 246 g/mol. The van der Waals surface area contributed by atoms with Crippen molar-refractivity contribution in [3.8, 4) is 0 Å². The summed E-state index contributed by atoms with van der Waals surface area (Å²) in [4.78, 5) is 17.9. The maximum absolute atomic E-state index is 11.9. The van der Waals surface area contributed by atoms with Gasteiger partial charge in [0.05, 0.1) is 13.1 Å². The number of amides is 1. The Balaban J connectivity index is 1.46. The molecule has 1 aliphatic carbocycles. The van der Waals surface area contributed by atoms with Crippen LogP contribution in [0.15, 0.2) is 24.4 Å². The predicted molar refractivity (Wildman–Crippen MR) is 66.8 cm³/mol. The maximum Gasteiger partial charge on any atom is 0.223 e. The topological polar surface area (TPSA) is 53.4 Å². The highest BCUT2D eigenvalue weighted by Gasteiger charge is 2.52. The summed E-state index contributed by atoms with van der Waals surface area (Å²) >= 11 is 0. The number of likely N-dealkylation sites (tertiary alicyclic amines) is 1. The van der Waals surface area contributed by atoms with Gasteiger partial charge in [-0.1, -0.05) is 6.07 Å². The van der Waals surface area contributed by atoms with Crippen LogP contribution in [0.4, 0.5) is 0 Å². The molecule has 1 aromatic heterocycles. The van der Waals surface area contributed by atoms with E-state index in [0.29, 0.717) is 31.8 Å². The third-order valence-electron chi connectivity index (χ3n) is 3.94. The number of pyridine rings is 1. The molecule has 0 unspecified atom stereocenters. The van der Waals surface area contributed by atoms with Crippen LogP contribution < -0.4 is 0 Å². The van der Waals surface area contributed by atoms with E-state index in [-0.39, 0.29) is 5.91 Å². The molecule has 4 nitrogen and oxygen atoms in total. The van der Waals surface area contributed by atoms with Crippen molar-refractivity contribution >= 4 is 5.91 Å². The summed E-state index contributed by atoms with van der Waals surface area (Å²) < 4.78 is 0. The third-order valence-corrected chi connectivity index (χ3v) is 3.94. The number of nitrogens with zero attached hydrogens (tertiary/aromatic N) is 2. The first-order chi connectivity index (χ1) is 8.67. The molecular weight excluding hydrogens is 228 g/mol. The third kappa shape index (κ3) is 2.25. The molecule has 0 radical (unpaired) electrons. The molecule has 1 aliphatic heterocycles. The van der Waals surface area contributed by atoms with E-state index in [1.807, 2.05) is 18.2 Å². The van der Waals surface area contributed by atoms with E-state index < -0.39 is 5.60 Å². The van der Waals surface area contributed by atoms with Crippen LogP contribution in [0.2, 0.25) is 0 Å². The summed E-state index contributed by atoms with van der Waals surface area (Å²) in [6, 6.07) is 5.74. The summed E-state index contributed by atoms with van der Waals surface area (Å²) in [5.74, 6) is 0.573. The number of carbonyl (C=O) groups excluding carboxylic acids is 1. The summed E-state index contributed by atoms with van der Waals surface area (Å²) in [7, 11) is 0. The highest BCUT2D eigenvalue weighted by Crippen LogP contribution is 2.44. The second kappa shape index (κ2) is 4.35. The van der Waals surface area contributed by atoms with Crippen LogP contribution in [-0.4, -0.2) is 39.6 Å². The molecule has 96 valence electrons. The van der Waals surface area contributed by atoms with E-state index >= 15 is 0 Å². The molecule has 18 heavy (non-hydrogen) atoms. The lowest BCUT2D eigenvalue weighted by Gasteiger charge is -2.47. The number of carbonyl (C=O) groups is 1. The van der Waals surface area contributed by atoms with Crippen LogP contribution in [0.5, 0.6) is 0 Å². The molecule has 4 heteroatoms. The normalized spacial score (nSPS) is 21.5. The van der Waals surface area contributed by atoms with E-state index in [4.69, 9.17) is 0 Å². The molecule has 1 saturated carbocycles. The number of rotatable bonds is 4. The van der Waals surface area contributed by atoms with Gasteiger partial charge in [-0.25, -0.2) is 0 Å². The minimum atomic E-state index is -0.569. The lowest BCUT2D eigenvalue weighted by Crippen LogP contribution is -2.64. The first-order valence-electron chi connectivity index (χ1n) is 6.57. The number of aromatic nitrogens is 1. The van der Waals surface area contributed by atoms with E-state index in [1.54, 1.807) is 11.1 Å². The first-order valence-corrected chi connectivity index (χ1v) is 6.57. The number of aliphatic hydroxyl groups is 1. The van der Waals surface area contributed by atoms with Crippen LogP contribution in [0.1, 0.15) is 25.0 Å². The van der Waals surface area contributed by atoms with Gasteiger partial charge in [0.15, 0.2) is 0 Å². The van der Waals surface area contributed by atoms with Gasteiger partial charge in [-0.05, 0) is 37.3 Å². The smallest absolute Gasteiger partial charge is 0.223 e. The average molecular weight is 246 g/mol. The lowest BCUT2D eigenvalue weighted by molar-refractivity contribution is -0.159. The quantitative estimate of drug-likeness (QED) is 0.862. The van der Waals surface area contributed by atoms with Crippen molar-refractivity contribution in [3.63, 3.8) is 0 Å². The Bertz CT molecular complexity index is 436. The van der Waals surface area contributed by atoms with Crippen LogP contribution in [0, 0.1) is 5.92 Å². The molecule has 0 bridgehead atoms. The summed E-state index contributed by atoms with van der Waals surface area (Å²) in [6.45, 7) is 1.05. The van der Waals surface area contributed by atoms with E-state index in [1.165, 1.54) is 0 Å². The number of hydrogen-bond acceptors (Lipinski definition) is 3. The van der Waals surface area contributed by atoms with E-state index in [9.17, 15) is 9.90 Å². The fraction of sp³-hybridized carbons (Fsp3) is 0.571. The van der Waals surface area contributed by atoms with Gasteiger partial charge in [-0.2, -0.15) is 0 Å². The van der Waals surface area contributed by atoms with Crippen molar-refractivity contribution < 1.29 is 9.90 Å². The highest BCUT2D eigenvalue weighted by atomic mass is 16.3. The van der Waals surface area contributed by atoms with Crippen molar-refractivity contribution in [2.24, 2.45) is 5.92 Å². The Kier molecular flexibility index (Phi) is 2.82. The van der Waals surface area contributed by atoms with Gasteiger partial charge in [-0.3, -0.25) is 9.78 Å². The van der Waals surface area contributed by atoms with E-state index in [2.05, 4.69) is 4.98 Å². The summed E-state index contributed by atoms with van der Waals surface area (Å²) in [6.07, 6.45) is 5.14. The minimum Gasteiger partial charge on any atom is -0.386 e. The molecule has 1 N–H and O–H groups in total. The molecule has 1 saturated heterocycles. The second-order valence-electron chi connectivity index (χ2n) is 5.45. The fourth-order valence-electron chi connectivity index (χ4n) is 2.61. The molecule has 0 spiro atoms. The Hall–Kier alpha value is -1.42. The van der Waals surface area contributed by atoms with Gasteiger partial charge < -0.3 is 10.0 Å². The zero-order valence-corrected chi connectivity index (χ0v) is 10.4. The Morgan fingerprint density at radius 2 is 2.22 bits per heavy atom. The maximum atomic E-state index is 11.9. The standard InChI is InChI=1S/C14H18N2O2/c17-13(7-6-12-3-1-2-8-15-12)16-9-14(18,10-16)11-4-5-11/h1-3,8,11,18H,4-7,9-10H2. The molecule has 2 fully saturated rings.